The van der Waals surface area contributed by atoms with Gasteiger partial charge in [-0.15, -0.1) is 0 Å². The third-order valence-corrected chi connectivity index (χ3v) is 15.4. The number of aromatic carboxylic acids is 1. The molecule has 21 nitrogen and oxygen atoms in total. The van der Waals surface area contributed by atoms with Crippen molar-refractivity contribution in [2.75, 3.05) is 88.6 Å². The molecule has 2 fully saturated rings. The van der Waals surface area contributed by atoms with Gasteiger partial charge >= 0.3 is 17.9 Å². The van der Waals surface area contributed by atoms with E-state index in [4.69, 9.17) is 71.8 Å². The molecule has 4 aromatic rings. The summed E-state index contributed by atoms with van der Waals surface area (Å²) in [5.41, 5.74) is 11.1. The molecule has 3 amide bonds. The fourth-order valence-electron chi connectivity index (χ4n) is 9.37. The number of benzene rings is 4. The minimum atomic E-state index is -1.38. The molecule has 0 bridgehead atoms. The maximum Gasteiger partial charge on any atom is 0.338 e. The molecular formula is C62H76Cl4F2N8O13. The first-order valence-electron chi connectivity index (χ1n) is 28.0. The molecule has 0 aliphatic carbocycles. The fraction of sp³-hybridized carbons (Fsp3) is 0.452. The highest BCUT2D eigenvalue weighted by atomic mass is 35.5. The van der Waals surface area contributed by atoms with E-state index in [0.717, 1.165) is 47.0 Å². The molecule has 4 atom stereocenters. The van der Waals surface area contributed by atoms with Crippen molar-refractivity contribution < 1.29 is 71.9 Å². The molecule has 8 rings (SSSR count). The van der Waals surface area contributed by atoms with Crippen molar-refractivity contribution in [3.63, 3.8) is 0 Å². The molecule has 0 radical (unpaired) electrons. The minimum absolute atomic E-state index is 0. The first-order valence-corrected chi connectivity index (χ1v) is 29.5. The standard InChI is InChI=1S/C30H33Cl2FN4O6.C19H24FN3O4.C11H11Cl2NO3.2CH4/c31-24-14-22(37-8-10-43-11-9-37)15-25(32)27(24)29(40)36-26(30(41)42)7-6-23(38)17-35-28(39)19-3-1-2-18(12-19)13-21-5-4-20(33)16-34-21;20-14-4-5-15(22-10-14)9-12-2-1-3-13(8-12)18(25)23-11-16(24)6-7-17(21)19(26)27;12-8-5-7(14-1-3-17-4-2-14)6-9(13)10(8)11(15)16;;/h1-3,12,14-15,20,26H,4-11,13,16-17H2,(H,35,39)(H,36,40)(H,41,42);1-3,8,14,17H,4-7,9-11,21H2,(H,23,25)(H,26,27);5-6H,1-4H2,(H,15,16);2*1H4/t20?,26-;14?,17-;;;/m00.../s1. The van der Waals surface area contributed by atoms with Gasteiger partial charge in [-0.05, 0) is 98.2 Å². The number of hydrogen-bond donors (Lipinski definition) is 7. The van der Waals surface area contributed by atoms with Crippen LogP contribution in [-0.4, -0.2) is 177 Å². The van der Waals surface area contributed by atoms with Gasteiger partial charge in [0.25, 0.3) is 17.7 Å². The summed E-state index contributed by atoms with van der Waals surface area (Å²) >= 11 is 24.6. The molecule has 2 unspecified atom stereocenters. The number of anilines is 2. The average molecular weight is 1320 g/mol. The van der Waals surface area contributed by atoms with Gasteiger partial charge in [-0.1, -0.05) is 85.5 Å². The highest BCUT2D eigenvalue weighted by Gasteiger charge is 2.27. The van der Waals surface area contributed by atoms with Crippen LogP contribution < -0.4 is 31.5 Å². The number of morpholine rings is 2. The van der Waals surface area contributed by atoms with Gasteiger partial charge in [0.05, 0.1) is 83.8 Å². The van der Waals surface area contributed by atoms with Gasteiger partial charge in [-0.25, -0.2) is 18.4 Å². The maximum atomic E-state index is 13.3. The molecule has 89 heavy (non-hydrogen) atoms. The molecule has 4 aromatic carbocycles. The summed E-state index contributed by atoms with van der Waals surface area (Å²) in [7, 11) is 0. The van der Waals surface area contributed by atoms with Crippen molar-refractivity contribution >= 4 is 116 Å². The molecule has 4 heterocycles. The van der Waals surface area contributed by atoms with Gasteiger partial charge in [-0.3, -0.25) is 38.8 Å². The van der Waals surface area contributed by atoms with Gasteiger partial charge in [0, 0.05) is 85.8 Å². The molecule has 0 spiro atoms. The van der Waals surface area contributed by atoms with Crippen molar-refractivity contribution in [1.82, 2.24) is 16.0 Å². The first-order chi connectivity index (χ1) is 41.5. The molecule has 484 valence electrons. The Kier molecular flexibility index (Phi) is 31.0. The van der Waals surface area contributed by atoms with Crippen LogP contribution in [0.3, 0.4) is 0 Å². The van der Waals surface area contributed by atoms with E-state index in [1.165, 1.54) is 0 Å². The second kappa shape index (κ2) is 37.1. The van der Waals surface area contributed by atoms with Crippen molar-refractivity contribution in [3.05, 3.63) is 126 Å². The Labute approximate surface area is 535 Å². The Morgan fingerprint density at radius 2 is 0.989 bits per heavy atom. The monoisotopic (exact) mass is 1320 g/mol. The zero-order valence-corrected chi connectivity index (χ0v) is 50.4. The quantitative estimate of drug-likeness (QED) is 0.0364. The number of nitrogens with one attached hydrogen (secondary N) is 3. The van der Waals surface area contributed by atoms with Crippen LogP contribution in [0.5, 0.6) is 0 Å². The van der Waals surface area contributed by atoms with Crippen LogP contribution in [0.1, 0.15) is 119 Å². The van der Waals surface area contributed by atoms with Crippen LogP contribution in [0.25, 0.3) is 0 Å². The van der Waals surface area contributed by atoms with Crippen molar-refractivity contribution in [2.24, 2.45) is 15.7 Å². The summed E-state index contributed by atoms with van der Waals surface area (Å²) in [4.78, 5) is 108. The van der Waals surface area contributed by atoms with Gasteiger partial charge in [0.15, 0.2) is 11.6 Å². The van der Waals surface area contributed by atoms with E-state index < -0.39 is 59.9 Å². The number of aliphatic imine (C=N–C) groups is 2. The number of carboxylic acid groups (broad SMARTS) is 3. The number of carboxylic acids is 3. The summed E-state index contributed by atoms with van der Waals surface area (Å²) in [5, 5.41) is 35.2. The summed E-state index contributed by atoms with van der Waals surface area (Å²) in [6, 6.07) is 17.9. The number of Topliss-reactive ketones (excluding diaryl/α,β-unsaturated/α-hetero) is 2. The Bertz CT molecular complexity index is 3150. The van der Waals surface area contributed by atoms with Crippen LogP contribution in [0.4, 0.5) is 20.2 Å². The van der Waals surface area contributed by atoms with E-state index in [1.54, 1.807) is 60.7 Å². The van der Waals surface area contributed by atoms with E-state index >= 15 is 0 Å². The highest BCUT2D eigenvalue weighted by molar-refractivity contribution is 6.40. The number of carbonyl (C=O) groups is 8. The number of ether oxygens (including phenoxy) is 2. The van der Waals surface area contributed by atoms with Crippen LogP contribution in [0.2, 0.25) is 20.1 Å². The third kappa shape index (κ3) is 24.0. The van der Waals surface area contributed by atoms with Gasteiger partial charge < -0.3 is 56.3 Å². The Hall–Kier alpha value is -7.12. The summed E-state index contributed by atoms with van der Waals surface area (Å²) in [6.07, 6.45) is 1.04. The molecule has 2 saturated heterocycles. The third-order valence-electron chi connectivity index (χ3n) is 14.2. The number of hydrogen-bond acceptors (Lipinski definition) is 15. The van der Waals surface area contributed by atoms with E-state index in [1.807, 2.05) is 17.0 Å². The number of carbonyl (C=O) groups excluding carboxylic acids is 5. The van der Waals surface area contributed by atoms with E-state index in [9.17, 15) is 52.2 Å². The number of nitrogens with zero attached hydrogens (tertiary/aromatic N) is 4. The van der Waals surface area contributed by atoms with Gasteiger partial charge in [0.1, 0.15) is 24.4 Å². The normalized spacial score (nSPS) is 16.9. The van der Waals surface area contributed by atoms with Crippen LogP contribution in [-0.2, 0) is 41.5 Å². The fourth-order valence-corrected chi connectivity index (χ4v) is 10.7. The molecule has 4 aliphatic rings. The van der Waals surface area contributed by atoms with Crippen molar-refractivity contribution in [2.45, 2.75) is 103 Å². The molecule has 0 saturated carbocycles. The second-order valence-electron chi connectivity index (χ2n) is 20.7. The van der Waals surface area contributed by atoms with Crippen molar-refractivity contribution in [1.29, 1.82) is 0 Å². The summed E-state index contributed by atoms with van der Waals surface area (Å²) in [5.74, 6) is -5.92. The topological polar surface area (TPSA) is 309 Å². The zero-order chi connectivity index (χ0) is 63.2. The number of ketones is 2. The minimum Gasteiger partial charge on any atom is -0.480 e. The van der Waals surface area contributed by atoms with E-state index in [0.29, 0.717) is 89.2 Å². The Morgan fingerprint density at radius 1 is 0.584 bits per heavy atom. The number of halogens is 6. The highest BCUT2D eigenvalue weighted by Crippen LogP contribution is 2.33. The van der Waals surface area contributed by atoms with Gasteiger partial charge in [0.2, 0.25) is 0 Å². The Morgan fingerprint density at radius 3 is 1.36 bits per heavy atom. The van der Waals surface area contributed by atoms with Crippen LogP contribution >= 0.6 is 46.4 Å². The first kappa shape index (κ1) is 74.3. The molecule has 8 N–H and O–H groups in total. The maximum absolute atomic E-state index is 13.3. The summed E-state index contributed by atoms with van der Waals surface area (Å²) < 4.78 is 37.0. The van der Waals surface area contributed by atoms with E-state index in [-0.39, 0.29) is 110 Å². The molecular weight excluding hydrogens is 1240 g/mol. The molecule has 27 heteroatoms. The lowest BCUT2D eigenvalue weighted by Gasteiger charge is -2.29. The average Bonchev–Trinajstić information content (AvgIpc) is 1.44. The van der Waals surface area contributed by atoms with E-state index in [2.05, 4.69) is 30.8 Å². The largest absolute Gasteiger partial charge is 0.480 e. The lowest BCUT2D eigenvalue weighted by atomic mass is 9.99. The predicted octanol–water partition coefficient (Wildman–Crippen LogP) is 9.00. The number of rotatable bonds is 23. The number of amides is 3. The zero-order valence-electron chi connectivity index (χ0n) is 47.4. The number of alkyl halides is 2. The second-order valence-corrected chi connectivity index (χ2v) is 22.4. The molecule has 4 aliphatic heterocycles. The molecule has 0 aromatic heterocycles. The number of aliphatic carboxylic acids is 2. The van der Waals surface area contributed by atoms with Gasteiger partial charge in [-0.2, -0.15) is 0 Å². The predicted molar refractivity (Wildman–Crippen MR) is 340 cm³/mol. The summed E-state index contributed by atoms with van der Waals surface area (Å²) in [6.45, 7) is 5.04. The smallest absolute Gasteiger partial charge is 0.338 e. The van der Waals surface area contributed by atoms with Crippen molar-refractivity contribution in [3.8, 4) is 0 Å². The van der Waals surface area contributed by atoms with Crippen LogP contribution in [0, 0.1) is 0 Å². The van der Waals surface area contributed by atoms with Crippen LogP contribution in [0.15, 0.2) is 82.8 Å². The number of nitrogens with two attached hydrogens (primary N) is 1. The lowest BCUT2D eigenvalue weighted by Crippen LogP contribution is -2.41. The lowest BCUT2D eigenvalue weighted by molar-refractivity contribution is -0.140. The SMILES string of the molecule is C.C.N[C@@H](CCC(=O)CNC(=O)c1cccc(CC2=NCC(F)CC2)c1)C(=O)O.O=C(CC[C@H](NC(=O)c1c(Cl)cc(N2CCOCC2)cc1Cl)C(=O)O)CNC(=O)c1cccc(CC2=NCC(F)CC2)c1.O=C(O)c1c(Cl)cc(N2CCOCC2)cc1Cl. The Balaban J connectivity index is 0.000000313.